The smallest absolute Gasteiger partial charge is 0.408 e. The second-order valence-corrected chi connectivity index (χ2v) is 4.83. The number of amides is 1. The minimum atomic E-state index is -1.35. The van der Waals surface area contributed by atoms with Crippen LogP contribution >= 0.6 is 0 Å². The predicted octanol–water partition coefficient (Wildman–Crippen LogP) is 1.82. The van der Waals surface area contributed by atoms with Crippen molar-refractivity contribution in [1.82, 2.24) is 5.32 Å². The van der Waals surface area contributed by atoms with Crippen LogP contribution in [-0.2, 0) is 25.7 Å². The Balaban J connectivity index is 2.60. The van der Waals surface area contributed by atoms with Gasteiger partial charge in [0.05, 0.1) is 13.5 Å². The Kier molecular flexibility index (Phi) is 5.90. The molecule has 0 saturated heterocycles. The SMILES string of the molecule is COC(=O)C[C@@](C)(NC(=O)OCc1ccccc1)C(C)=O. The van der Waals surface area contributed by atoms with Crippen molar-refractivity contribution in [2.45, 2.75) is 32.4 Å². The van der Waals surface area contributed by atoms with Crippen LogP contribution in [0.1, 0.15) is 25.8 Å². The van der Waals surface area contributed by atoms with Gasteiger partial charge in [0.1, 0.15) is 12.1 Å². The summed E-state index contributed by atoms with van der Waals surface area (Å²) in [5, 5.41) is 2.42. The fraction of sp³-hybridized carbons (Fsp3) is 0.400. The number of carbonyl (C=O) groups excluding carboxylic acids is 3. The lowest BCUT2D eigenvalue weighted by Crippen LogP contribution is -2.52. The molecule has 1 aromatic carbocycles. The molecule has 6 nitrogen and oxygen atoms in total. The number of hydrogen-bond donors (Lipinski definition) is 1. The van der Waals surface area contributed by atoms with Crippen molar-refractivity contribution >= 4 is 17.8 Å². The first-order valence-corrected chi connectivity index (χ1v) is 6.44. The van der Waals surface area contributed by atoms with E-state index in [2.05, 4.69) is 10.1 Å². The van der Waals surface area contributed by atoms with Gasteiger partial charge in [-0.3, -0.25) is 9.59 Å². The Morgan fingerprint density at radius 2 is 1.81 bits per heavy atom. The van der Waals surface area contributed by atoms with Gasteiger partial charge in [0.2, 0.25) is 0 Å². The third-order valence-electron chi connectivity index (χ3n) is 3.09. The molecule has 0 saturated carbocycles. The summed E-state index contributed by atoms with van der Waals surface area (Å²) in [7, 11) is 1.22. The van der Waals surface area contributed by atoms with Gasteiger partial charge in [-0.2, -0.15) is 0 Å². The number of nitrogens with one attached hydrogen (secondary N) is 1. The summed E-state index contributed by atoms with van der Waals surface area (Å²) in [6.07, 6.45) is -1.01. The van der Waals surface area contributed by atoms with E-state index in [0.717, 1.165) is 5.56 Å². The van der Waals surface area contributed by atoms with Crippen LogP contribution in [0.5, 0.6) is 0 Å². The molecule has 0 radical (unpaired) electrons. The standard InChI is InChI=1S/C15H19NO5/c1-11(17)15(2,9-13(18)20-3)16-14(19)21-10-12-7-5-4-6-8-12/h4-8H,9-10H2,1-3H3,(H,16,19)/t15-/m1/s1. The molecule has 1 amide bonds. The van der Waals surface area contributed by atoms with Crippen LogP contribution in [-0.4, -0.2) is 30.5 Å². The van der Waals surface area contributed by atoms with Crippen LogP contribution in [0.25, 0.3) is 0 Å². The third kappa shape index (κ3) is 5.25. The molecule has 0 heterocycles. The van der Waals surface area contributed by atoms with Gasteiger partial charge in [0.15, 0.2) is 5.78 Å². The molecule has 0 aromatic heterocycles. The molecule has 1 rings (SSSR count). The summed E-state index contributed by atoms with van der Waals surface area (Å²) in [5.74, 6) is -0.944. The van der Waals surface area contributed by atoms with Gasteiger partial charge >= 0.3 is 12.1 Å². The highest BCUT2D eigenvalue weighted by molar-refractivity contribution is 5.93. The molecule has 1 atom stereocenters. The Morgan fingerprint density at radius 3 is 2.33 bits per heavy atom. The van der Waals surface area contributed by atoms with Crippen LogP contribution < -0.4 is 5.32 Å². The molecule has 0 aliphatic heterocycles. The second-order valence-electron chi connectivity index (χ2n) is 4.83. The van der Waals surface area contributed by atoms with Crippen LogP contribution in [0.3, 0.4) is 0 Å². The molecule has 0 aliphatic rings. The van der Waals surface area contributed by atoms with Crippen LogP contribution in [0.15, 0.2) is 30.3 Å². The number of benzene rings is 1. The van der Waals surface area contributed by atoms with Crippen molar-refractivity contribution in [3.8, 4) is 0 Å². The van der Waals surface area contributed by atoms with E-state index < -0.39 is 17.6 Å². The summed E-state index contributed by atoms with van der Waals surface area (Å²) in [6.45, 7) is 2.83. The van der Waals surface area contributed by atoms with Crippen LogP contribution in [0.2, 0.25) is 0 Å². The van der Waals surface area contributed by atoms with Gasteiger partial charge < -0.3 is 14.8 Å². The molecule has 0 unspecified atom stereocenters. The number of ketones is 1. The number of alkyl carbamates (subject to hydrolysis) is 1. The topological polar surface area (TPSA) is 81.7 Å². The highest BCUT2D eigenvalue weighted by Crippen LogP contribution is 2.13. The summed E-state index contributed by atoms with van der Waals surface area (Å²) in [4.78, 5) is 34.7. The molecule has 1 aromatic rings. The molecular formula is C15H19NO5. The normalized spacial score (nSPS) is 12.9. The van der Waals surface area contributed by atoms with Crippen molar-refractivity contribution in [3.05, 3.63) is 35.9 Å². The van der Waals surface area contributed by atoms with Crippen molar-refractivity contribution in [2.24, 2.45) is 0 Å². The Morgan fingerprint density at radius 1 is 1.19 bits per heavy atom. The number of hydrogen-bond acceptors (Lipinski definition) is 5. The largest absolute Gasteiger partial charge is 0.469 e. The van der Waals surface area contributed by atoms with E-state index >= 15 is 0 Å². The maximum atomic E-state index is 11.8. The van der Waals surface area contributed by atoms with Crippen molar-refractivity contribution in [1.29, 1.82) is 0 Å². The quantitative estimate of drug-likeness (QED) is 0.809. The van der Waals surface area contributed by atoms with Gasteiger partial charge in [0, 0.05) is 0 Å². The zero-order valence-electron chi connectivity index (χ0n) is 12.3. The minimum Gasteiger partial charge on any atom is -0.469 e. The molecule has 6 heteroatoms. The lowest BCUT2D eigenvalue weighted by atomic mass is 9.93. The van der Waals surface area contributed by atoms with E-state index in [4.69, 9.17) is 4.74 Å². The zero-order valence-corrected chi connectivity index (χ0v) is 12.3. The van der Waals surface area contributed by atoms with E-state index in [9.17, 15) is 14.4 Å². The average Bonchev–Trinajstić information content (AvgIpc) is 2.45. The molecular weight excluding hydrogens is 274 g/mol. The molecule has 21 heavy (non-hydrogen) atoms. The summed E-state index contributed by atoms with van der Waals surface area (Å²) in [6, 6.07) is 9.13. The van der Waals surface area contributed by atoms with E-state index in [0.29, 0.717) is 0 Å². The fourth-order valence-corrected chi connectivity index (χ4v) is 1.60. The molecule has 0 fully saturated rings. The fourth-order valence-electron chi connectivity index (χ4n) is 1.60. The van der Waals surface area contributed by atoms with Crippen LogP contribution in [0, 0.1) is 0 Å². The Labute approximate surface area is 123 Å². The number of Topliss-reactive ketones (excluding diaryl/α,β-unsaturated/α-hetero) is 1. The van der Waals surface area contributed by atoms with E-state index in [-0.39, 0.29) is 18.8 Å². The number of methoxy groups -OCH3 is 1. The zero-order chi connectivity index (χ0) is 15.9. The Hall–Kier alpha value is -2.37. The highest BCUT2D eigenvalue weighted by Gasteiger charge is 2.35. The van der Waals surface area contributed by atoms with E-state index in [1.54, 1.807) is 0 Å². The lowest BCUT2D eigenvalue weighted by molar-refractivity contribution is -0.144. The molecule has 0 spiro atoms. The molecule has 1 N–H and O–H groups in total. The molecule has 114 valence electrons. The monoisotopic (exact) mass is 293 g/mol. The maximum Gasteiger partial charge on any atom is 0.408 e. The number of ether oxygens (including phenoxy) is 2. The first kappa shape index (κ1) is 16.7. The van der Waals surface area contributed by atoms with E-state index in [1.807, 2.05) is 30.3 Å². The first-order chi connectivity index (χ1) is 9.87. The lowest BCUT2D eigenvalue weighted by Gasteiger charge is -2.26. The third-order valence-corrected chi connectivity index (χ3v) is 3.09. The number of rotatable bonds is 6. The highest BCUT2D eigenvalue weighted by atomic mass is 16.5. The van der Waals surface area contributed by atoms with Gasteiger partial charge in [-0.1, -0.05) is 30.3 Å². The van der Waals surface area contributed by atoms with Crippen molar-refractivity contribution in [2.75, 3.05) is 7.11 Å². The summed E-state index contributed by atoms with van der Waals surface area (Å²) >= 11 is 0. The van der Waals surface area contributed by atoms with Crippen molar-refractivity contribution < 1.29 is 23.9 Å². The minimum absolute atomic E-state index is 0.0822. The van der Waals surface area contributed by atoms with E-state index in [1.165, 1.54) is 21.0 Å². The molecule has 0 aliphatic carbocycles. The first-order valence-electron chi connectivity index (χ1n) is 6.44. The second kappa shape index (κ2) is 7.42. The maximum absolute atomic E-state index is 11.8. The van der Waals surface area contributed by atoms with Gasteiger partial charge in [-0.25, -0.2) is 4.79 Å². The number of esters is 1. The Bertz CT molecular complexity index is 514. The number of carbonyl (C=O) groups is 3. The van der Waals surface area contributed by atoms with Crippen LogP contribution in [0.4, 0.5) is 4.79 Å². The summed E-state index contributed by atoms with van der Waals surface area (Å²) < 4.78 is 9.56. The van der Waals surface area contributed by atoms with Crippen molar-refractivity contribution in [3.63, 3.8) is 0 Å². The van der Waals surface area contributed by atoms with Gasteiger partial charge in [-0.05, 0) is 19.4 Å². The van der Waals surface area contributed by atoms with Gasteiger partial charge in [0.25, 0.3) is 0 Å². The summed E-state index contributed by atoms with van der Waals surface area (Å²) in [5.41, 5.74) is -0.522. The predicted molar refractivity (Wildman–Crippen MR) is 75.5 cm³/mol. The van der Waals surface area contributed by atoms with Gasteiger partial charge in [-0.15, -0.1) is 0 Å². The molecule has 0 bridgehead atoms. The average molecular weight is 293 g/mol.